The number of nitrogens with one attached hydrogen (secondary N) is 2. The zero-order chi connectivity index (χ0) is 16.6. The molecule has 22 heavy (non-hydrogen) atoms. The summed E-state index contributed by atoms with van der Waals surface area (Å²) in [5.41, 5.74) is 0.207. The second-order valence-corrected chi connectivity index (χ2v) is 6.81. The van der Waals surface area contributed by atoms with Gasteiger partial charge in [-0.25, -0.2) is 13.1 Å². The molecule has 1 rings (SSSR count). The molecule has 0 aliphatic rings. The van der Waals surface area contributed by atoms with Crippen LogP contribution in [0.4, 0.5) is 0 Å². The van der Waals surface area contributed by atoms with Gasteiger partial charge in [-0.05, 0) is 25.6 Å². The van der Waals surface area contributed by atoms with Crippen molar-refractivity contribution in [2.45, 2.75) is 24.7 Å². The van der Waals surface area contributed by atoms with Crippen LogP contribution >= 0.6 is 0 Å². The molecule has 124 valence electrons. The lowest BCUT2D eigenvalue weighted by atomic mass is 10.2. The Bertz CT molecular complexity index is 587. The van der Waals surface area contributed by atoms with Crippen molar-refractivity contribution in [3.63, 3.8) is 0 Å². The molecule has 7 heteroatoms. The number of carbonyl (C=O) groups excluding carboxylic acids is 1. The van der Waals surface area contributed by atoms with E-state index in [4.69, 9.17) is 0 Å². The fourth-order valence-corrected chi connectivity index (χ4v) is 3.20. The molecule has 0 aliphatic carbocycles. The van der Waals surface area contributed by atoms with E-state index >= 15 is 0 Å². The molecule has 0 bridgehead atoms. The lowest BCUT2D eigenvalue weighted by Crippen LogP contribution is -2.33. The van der Waals surface area contributed by atoms with Crippen LogP contribution in [0, 0.1) is 0 Å². The molecular formula is C15H25N3O3S. The van der Waals surface area contributed by atoms with Crippen LogP contribution in [0.5, 0.6) is 0 Å². The fourth-order valence-electron chi connectivity index (χ4n) is 1.97. The lowest BCUT2D eigenvalue weighted by molar-refractivity contribution is 0.0789. The van der Waals surface area contributed by atoms with E-state index in [2.05, 4.69) is 10.0 Å². The van der Waals surface area contributed by atoms with Gasteiger partial charge in [0.05, 0.1) is 10.5 Å². The van der Waals surface area contributed by atoms with Gasteiger partial charge in [0.1, 0.15) is 0 Å². The number of likely N-dealkylation sites (N-methyl/N-ethyl adjacent to an activating group) is 1. The first-order chi connectivity index (χ1) is 10.4. The molecule has 0 heterocycles. The van der Waals surface area contributed by atoms with E-state index in [1.807, 2.05) is 6.92 Å². The summed E-state index contributed by atoms with van der Waals surface area (Å²) in [5, 5.41) is 2.87. The van der Waals surface area contributed by atoms with Crippen molar-refractivity contribution < 1.29 is 13.2 Å². The van der Waals surface area contributed by atoms with E-state index in [1.54, 1.807) is 37.2 Å². The fraction of sp³-hybridized carbons (Fsp3) is 0.533. The zero-order valence-corrected chi connectivity index (χ0v) is 14.2. The summed E-state index contributed by atoms with van der Waals surface area (Å²) in [6, 6.07) is 6.31. The van der Waals surface area contributed by atoms with Gasteiger partial charge in [0.15, 0.2) is 0 Å². The normalized spacial score (nSPS) is 11.4. The highest BCUT2D eigenvalue weighted by Crippen LogP contribution is 2.17. The van der Waals surface area contributed by atoms with Gasteiger partial charge in [0.2, 0.25) is 10.0 Å². The topological polar surface area (TPSA) is 78.5 Å². The van der Waals surface area contributed by atoms with Crippen LogP contribution in [-0.2, 0) is 10.0 Å². The first-order valence-electron chi connectivity index (χ1n) is 7.42. The van der Waals surface area contributed by atoms with Crippen LogP contribution in [0.2, 0.25) is 0 Å². The van der Waals surface area contributed by atoms with Crippen molar-refractivity contribution >= 4 is 15.9 Å². The standard InChI is InChI=1S/C15H25N3O3S/c1-4-5-12-18(3)15(19)13-8-6-7-9-14(13)22(20,21)17-11-10-16-2/h6-9,16-17H,4-5,10-12H2,1-3H3. The summed E-state index contributed by atoms with van der Waals surface area (Å²) in [7, 11) is -0.265. The molecule has 0 aromatic heterocycles. The van der Waals surface area contributed by atoms with Crippen molar-refractivity contribution in [3.05, 3.63) is 29.8 Å². The second kappa shape index (κ2) is 8.87. The molecule has 0 atom stereocenters. The summed E-state index contributed by atoms with van der Waals surface area (Å²) in [4.78, 5) is 14.1. The minimum Gasteiger partial charge on any atom is -0.342 e. The van der Waals surface area contributed by atoms with Crippen LogP contribution < -0.4 is 10.0 Å². The highest BCUT2D eigenvalue weighted by Gasteiger charge is 2.23. The van der Waals surface area contributed by atoms with Gasteiger partial charge in [0.25, 0.3) is 5.91 Å². The van der Waals surface area contributed by atoms with Crippen molar-refractivity contribution in [1.82, 2.24) is 14.9 Å². The molecule has 1 aromatic carbocycles. The zero-order valence-electron chi connectivity index (χ0n) is 13.4. The Hall–Kier alpha value is -1.44. The molecule has 0 aliphatic heterocycles. The van der Waals surface area contributed by atoms with Crippen molar-refractivity contribution in [2.24, 2.45) is 0 Å². The number of sulfonamides is 1. The minimum absolute atomic E-state index is 0.0273. The predicted octanol–water partition coefficient (Wildman–Crippen LogP) is 1.06. The Balaban J connectivity index is 3.01. The monoisotopic (exact) mass is 327 g/mol. The van der Waals surface area contributed by atoms with Gasteiger partial charge in [-0.2, -0.15) is 0 Å². The quantitative estimate of drug-likeness (QED) is 0.665. The molecule has 1 amide bonds. The molecule has 0 saturated heterocycles. The molecule has 0 unspecified atom stereocenters. The maximum Gasteiger partial charge on any atom is 0.254 e. The van der Waals surface area contributed by atoms with Crippen LogP contribution in [0.1, 0.15) is 30.1 Å². The van der Waals surface area contributed by atoms with Gasteiger partial charge >= 0.3 is 0 Å². The van der Waals surface area contributed by atoms with E-state index in [9.17, 15) is 13.2 Å². The molecule has 0 fully saturated rings. The maximum absolute atomic E-state index is 12.5. The van der Waals surface area contributed by atoms with Gasteiger partial charge < -0.3 is 10.2 Å². The first-order valence-corrected chi connectivity index (χ1v) is 8.91. The predicted molar refractivity (Wildman–Crippen MR) is 87.4 cm³/mol. The third-order valence-electron chi connectivity index (χ3n) is 3.27. The Labute approximate surface area is 132 Å². The number of nitrogens with zero attached hydrogens (tertiary/aromatic N) is 1. The van der Waals surface area contributed by atoms with Crippen molar-refractivity contribution in [2.75, 3.05) is 33.7 Å². The smallest absolute Gasteiger partial charge is 0.254 e. The summed E-state index contributed by atoms with van der Waals surface area (Å²) in [5.74, 6) is -0.275. The van der Waals surface area contributed by atoms with Crippen LogP contribution in [-0.4, -0.2) is 53.0 Å². The minimum atomic E-state index is -3.70. The molecular weight excluding hydrogens is 302 g/mol. The number of hydrogen-bond acceptors (Lipinski definition) is 4. The van der Waals surface area contributed by atoms with E-state index in [-0.39, 0.29) is 22.9 Å². The van der Waals surface area contributed by atoms with Gasteiger partial charge in [-0.15, -0.1) is 0 Å². The van der Waals surface area contributed by atoms with E-state index < -0.39 is 10.0 Å². The Morgan fingerprint density at radius 2 is 1.91 bits per heavy atom. The number of rotatable bonds is 9. The van der Waals surface area contributed by atoms with Crippen LogP contribution in [0.15, 0.2) is 29.2 Å². The average molecular weight is 327 g/mol. The third-order valence-corrected chi connectivity index (χ3v) is 4.79. The van der Waals surface area contributed by atoms with Gasteiger partial charge in [0, 0.05) is 26.7 Å². The van der Waals surface area contributed by atoms with Crippen LogP contribution in [0.3, 0.4) is 0 Å². The molecule has 0 saturated carbocycles. The van der Waals surface area contributed by atoms with Gasteiger partial charge in [-0.3, -0.25) is 4.79 Å². The molecule has 0 radical (unpaired) electrons. The van der Waals surface area contributed by atoms with E-state index in [1.165, 1.54) is 6.07 Å². The molecule has 1 aromatic rings. The van der Waals surface area contributed by atoms with Gasteiger partial charge in [-0.1, -0.05) is 25.5 Å². The summed E-state index contributed by atoms with van der Waals surface area (Å²) >= 11 is 0. The SMILES string of the molecule is CCCCN(C)C(=O)c1ccccc1S(=O)(=O)NCCNC. The largest absolute Gasteiger partial charge is 0.342 e. The molecule has 2 N–H and O–H groups in total. The molecule has 0 spiro atoms. The molecule has 6 nitrogen and oxygen atoms in total. The Morgan fingerprint density at radius 1 is 1.23 bits per heavy atom. The number of hydrogen-bond donors (Lipinski definition) is 2. The second-order valence-electron chi connectivity index (χ2n) is 5.08. The lowest BCUT2D eigenvalue weighted by Gasteiger charge is -2.19. The van der Waals surface area contributed by atoms with Crippen LogP contribution in [0.25, 0.3) is 0 Å². The average Bonchev–Trinajstić information content (AvgIpc) is 2.52. The third kappa shape index (κ3) is 5.08. The number of carbonyl (C=O) groups is 1. The Morgan fingerprint density at radius 3 is 2.55 bits per heavy atom. The van der Waals surface area contributed by atoms with Crippen molar-refractivity contribution in [3.8, 4) is 0 Å². The summed E-state index contributed by atoms with van der Waals surface area (Å²) in [6.45, 7) is 3.44. The maximum atomic E-state index is 12.5. The Kier molecular flexibility index (Phi) is 7.50. The number of amides is 1. The number of unbranched alkanes of at least 4 members (excludes halogenated alkanes) is 1. The van der Waals surface area contributed by atoms with Crippen molar-refractivity contribution in [1.29, 1.82) is 0 Å². The number of benzene rings is 1. The summed E-state index contributed by atoms with van der Waals surface area (Å²) in [6.07, 6.45) is 1.86. The summed E-state index contributed by atoms with van der Waals surface area (Å²) < 4.78 is 27.2. The highest BCUT2D eigenvalue weighted by atomic mass is 32.2. The van der Waals surface area contributed by atoms with E-state index in [0.29, 0.717) is 13.1 Å². The van der Waals surface area contributed by atoms with E-state index in [0.717, 1.165) is 12.8 Å². The highest BCUT2D eigenvalue weighted by molar-refractivity contribution is 7.89. The first kappa shape index (κ1) is 18.6.